The molecule has 0 bridgehead atoms. The summed E-state index contributed by atoms with van der Waals surface area (Å²) in [4.78, 5) is 14.6. The third-order valence-corrected chi connectivity index (χ3v) is 6.78. The summed E-state index contributed by atoms with van der Waals surface area (Å²) in [6.07, 6.45) is 4.16. The monoisotopic (exact) mass is 421 g/mol. The summed E-state index contributed by atoms with van der Waals surface area (Å²) in [6.45, 7) is 6.23. The van der Waals surface area contributed by atoms with Crippen LogP contribution in [0.4, 0.5) is 5.69 Å². The van der Waals surface area contributed by atoms with Crippen molar-refractivity contribution in [3.63, 3.8) is 0 Å². The number of carbonyl (C=O) groups excluding carboxylic acids is 1. The van der Waals surface area contributed by atoms with Crippen LogP contribution in [-0.4, -0.2) is 56.1 Å². The molecule has 5 nitrogen and oxygen atoms in total. The smallest absolute Gasteiger partial charge is 0.162 e. The van der Waals surface area contributed by atoms with E-state index in [4.69, 9.17) is 4.74 Å². The van der Waals surface area contributed by atoms with Crippen molar-refractivity contribution in [3.05, 3.63) is 59.7 Å². The highest BCUT2D eigenvalue weighted by atomic mass is 16.5. The van der Waals surface area contributed by atoms with Crippen LogP contribution in [-0.2, 0) is 0 Å². The molecule has 0 radical (unpaired) electrons. The Balaban J connectivity index is 1.35. The summed E-state index contributed by atoms with van der Waals surface area (Å²) in [5, 5.41) is 7.38. The maximum absolute atomic E-state index is 11.9. The molecular weight excluding hydrogens is 386 g/mol. The van der Waals surface area contributed by atoms with Gasteiger partial charge in [0.15, 0.2) is 5.78 Å². The standard InChI is InChI=1S/C26H35N3O2/c1-3-26(30)20-8-6-19(7-9-20)21-15-24(17-27-16-21)29-14-4-5-23(18-29)28-22-10-12-25(31-2)13-11-22/h6-13,21,23-24,27-28H,3-5,14-18H2,1-2H3. The largest absolute Gasteiger partial charge is 0.497 e. The number of ketones is 1. The van der Waals surface area contributed by atoms with Gasteiger partial charge in [-0.3, -0.25) is 9.69 Å². The first-order valence-electron chi connectivity index (χ1n) is 11.6. The van der Waals surface area contributed by atoms with Gasteiger partial charge < -0.3 is 15.4 Å². The number of hydrogen-bond donors (Lipinski definition) is 2. The van der Waals surface area contributed by atoms with Gasteiger partial charge in [0, 0.05) is 49.4 Å². The third kappa shape index (κ3) is 5.46. The molecule has 2 heterocycles. The number of hydrogen-bond acceptors (Lipinski definition) is 5. The molecule has 2 aromatic rings. The highest BCUT2D eigenvalue weighted by Crippen LogP contribution is 2.28. The number of benzene rings is 2. The Morgan fingerprint density at radius 3 is 2.61 bits per heavy atom. The molecular formula is C26H35N3O2. The fraction of sp³-hybridized carbons (Fsp3) is 0.500. The highest BCUT2D eigenvalue weighted by molar-refractivity contribution is 5.95. The molecule has 0 aromatic heterocycles. The van der Waals surface area contributed by atoms with Crippen molar-refractivity contribution in [2.24, 2.45) is 0 Å². The van der Waals surface area contributed by atoms with Crippen LogP contribution in [0, 0.1) is 0 Å². The summed E-state index contributed by atoms with van der Waals surface area (Å²) < 4.78 is 5.27. The predicted molar refractivity (Wildman–Crippen MR) is 126 cm³/mol. The van der Waals surface area contributed by atoms with Gasteiger partial charge in [0.1, 0.15) is 5.75 Å². The van der Waals surface area contributed by atoms with Crippen molar-refractivity contribution in [2.45, 2.75) is 50.6 Å². The Morgan fingerprint density at radius 2 is 1.90 bits per heavy atom. The SMILES string of the molecule is CCC(=O)c1ccc(C2CNCC(N3CCCC(Nc4ccc(OC)cc4)C3)C2)cc1. The molecule has 3 unspecified atom stereocenters. The number of ether oxygens (including phenoxy) is 1. The molecule has 3 atom stereocenters. The van der Waals surface area contributed by atoms with Crippen molar-refractivity contribution >= 4 is 11.5 Å². The predicted octanol–water partition coefficient (Wildman–Crippen LogP) is 4.31. The Hall–Kier alpha value is -2.37. The van der Waals surface area contributed by atoms with Crippen LogP contribution in [0.5, 0.6) is 5.75 Å². The van der Waals surface area contributed by atoms with Crippen molar-refractivity contribution < 1.29 is 9.53 Å². The second-order valence-corrected chi connectivity index (χ2v) is 8.85. The van der Waals surface area contributed by atoms with E-state index >= 15 is 0 Å². The zero-order chi connectivity index (χ0) is 21.6. The topological polar surface area (TPSA) is 53.6 Å². The lowest BCUT2D eigenvalue weighted by Gasteiger charge is -2.42. The number of piperidine rings is 2. The van der Waals surface area contributed by atoms with Crippen LogP contribution in [0.1, 0.15) is 54.4 Å². The van der Waals surface area contributed by atoms with Gasteiger partial charge in [-0.05, 0) is 61.6 Å². The number of nitrogens with zero attached hydrogens (tertiary/aromatic N) is 1. The first-order chi connectivity index (χ1) is 15.2. The van der Waals surface area contributed by atoms with E-state index in [-0.39, 0.29) is 5.78 Å². The molecule has 0 spiro atoms. The lowest BCUT2D eigenvalue weighted by Crippen LogP contribution is -2.53. The number of carbonyl (C=O) groups is 1. The van der Waals surface area contributed by atoms with Crippen molar-refractivity contribution in [1.29, 1.82) is 0 Å². The molecule has 0 amide bonds. The number of methoxy groups -OCH3 is 1. The van der Waals surface area contributed by atoms with Gasteiger partial charge >= 0.3 is 0 Å². The van der Waals surface area contributed by atoms with Crippen LogP contribution in [0.2, 0.25) is 0 Å². The number of nitrogens with one attached hydrogen (secondary N) is 2. The van der Waals surface area contributed by atoms with E-state index in [1.54, 1.807) is 7.11 Å². The zero-order valence-corrected chi connectivity index (χ0v) is 18.8. The molecule has 2 fully saturated rings. The quantitative estimate of drug-likeness (QED) is 0.653. The van der Waals surface area contributed by atoms with Crippen molar-refractivity contribution in [1.82, 2.24) is 10.2 Å². The van der Waals surface area contributed by atoms with E-state index in [9.17, 15) is 4.79 Å². The lowest BCUT2D eigenvalue weighted by atomic mass is 9.87. The fourth-order valence-corrected chi connectivity index (χ4v) is 4.98. The average Bonchev–Trinajstić information content (AvgIpc) is 2.84. The van der Waals surface area contributed by atoms with Crippen LogP contribution >= 0.6 is 0 Å². The minimum absolute atomic E-state index is 0.218. The van der Waals surface area contributed by atoms with Crippen molar-refractivity contribution in [3.8, 4) is 5.75 Å². The van der Waals surface area contributed by atoms with Crippen LogP contribution in [0.3, 0.4) is 0 Å². The fourth-order valence-electron chi connectivity index (χ4n) is 4.98. The Labute approximate surface area is 186 Å². The maximum Gasteiger partial charge on any atom is 0.162 e. The molecule has 0 aliphatic carbocycles. The van der Waals surface area contributed by atoms with E-state index < -0.39 is 0 Å². The summed E-state index contributed by atoms with van der Waals surface area (Å²) in [7, 11) is 1.70. The number of anilines is 1. The third-order valence-electron chi connectivity index (χ3n) is 6.78. The van der Waals surface area contributed by atoms with Crippen molar-refractivity contribution in [2.75, 3.05) is 38.6 Å². The maximum atomic E-state index is 11.9. The second kappa shape index (κ2) is 10.3. The van der Waals surface area contributed by atoms with Gasteiger partial charge in [-0.15, -0.1) is 0 Å². The van der Waals surface area contributed by atoms with E-state index in [1.165, 1.54) is 31.4 Å². The number of likely N-dealkylation sites (tertiary alicyclic amines) is 1. The van der Waals surface area contributed by atoms with E-state index in [0.29, 0.717) is 24.4 Å². The molecule has 5 heteroatoms. The molecule has 2 aromatic carbocycles. The number of Topliss-reactive ketones (excluding diaryl/α,β-unsaturated/α-hetero) is 1. The highest BCUT2D eigenvalue weighted by Gasteiger charge is 2.30. The molecule has 2 aliphatic rings. The van der Waals surface area contributed by atoms with Crippen LogP contribution < -0.4 is 15.4 Å². The minimum atomic E-state index is 0.218. The molecule has 4 rings (SSSR count). The molecule has 2 N–H and O–H groups in total. The summed E-state index contributed by atoms with van der Waals surface area (Å²) in [6, 6.07) is 17.6. The van der Waals surface area contributed by atoms with Gasteiger partial charge in [0.25, 0.3) is 0 Å². The summed E-state index contributed by atoms with van der Waals surface area (Å²) in [5.41, 5.74) is 3.33. The molecule has 0 saturated carbocycles. The molecule has 166 valence electrons. The normalized spacial score (nSPS) is 24.5. The van der Waals surface area contributed by atoms with Gasteiger partial charge in [-0.1, -0.05) is 31.2 Å². The van der Waals surface area contributed by atoms with E-state index in [2.05, 4.69) is 39.8 Å². The van der Waals surface area contributed by atoms with Gasteiger partial charge in [-0.2, -0.15) is 0 Å². The lowest BCUT2D eigenvalue weighted by molar-refractivity contribution is 0.0988. The van der Waals surface area contributed by atoms with E-state index in [0.717, 1.165) is 36.6 Å². The molecule has 2 aliphatic heterocycles. The average molecular weight is 422 g/mol. The van der Waals surface area contributed by atoms with Gasteiger partial charge in [-0.25, -0.2) is 0 Å². The first-order valence-corrected chi connectivity index (χ1v) is 11.6. The first kappa shape index (κ1) is 21.8. The van der Waals surface area contributed by atoms with Crippen LogP contribution in [0.25, 0.3) is 0 Å². The van der Waals surface area contributed by atoms with Gasteiger partial charge in [0.05, 0.1) is 7.11 Å². The Kier molecular flexibility index (Phi) is 7.25. The van der Waals surface area contributed by atoms with Gasteiger partial charge in [0.2, 0.25) is 0 Å². The summed E-state index contributed by atoms with van der Waals surface area (Å²) in [5.74, 6) is 1.61. The van der Waals surface area contributed by atoms with Crippen LogP contribution in [0.15, 0.2) is 48.5 Å². The summed E-state index contributed by atoms with van der Waals surface area (Å²) >= 11 is 0. The van der Waals surface area contributed by atoms with E-state index in [1.807, 2.05) is 31.2 Å². The zero-order valence-electron chi connectivity index (χ0n) is 18.8. The number of rotatable bonds is 7. The second-order valence-electron chi connectivity index (χ2n) is 8.85. The Bertz CT molecular complexity index is 850. The Morgan fingerprint density at radius 1 is 1.13 bits per heavy atom. The molecule has 2 saturated heterocycles. The minimum Gasteiger partial charge on any atom is -0.497 e. The molecule has 31 heavy (non-hydrogen) atoms.